The second-order valence-corrected chi connectivity index (χ2v) is 5.14. The first kappa shape index (κ1) is 12.9. The molecule has 3 atom stereocenters. The van der Waals surface area contributed by atoms with Gasteiger partial charge in [-0.15, -0.1) is 0 Å². The summed E-state index contributed by atoms with van der Waals surface area (Å²) in [6.45, 7) is 5.37. The number of hydrogen-bond acceptors (Lipinski definition) is 3. The van der Waals surface area contributed by atoms with E-state index in [1.54, 1.807) is 0 Å². The maximum atomic E-state index is 9.26. The Morgan fingerprint density at radius 2 is 2.20 bits per heavy atom. The van der Waals surface area contributed by atoms with Crippen LogP contribution in [-0.2, 0) is 0 Å². The molecule has 0 aromatic rings. The molecule has 0 aromatic carbocycles. The first-order valence-corrected chi connectivity index (χ1v) is 6.24. The lowest BCUT2D eigenvalue weighted by Gasteiger charge is -2.34. The van der Waals surface area contributed by atoms with Gasteiger partial charge < -0.3 is 16.2 Å². The van der Waals surface area contributed by atoms with Crippen molar-refractivity contribution in [1.82, 2.24) is 5.32 Å². The van der Waals surface area contributed by atoms with E-state index in [0.717, 1.165) is 19.3 Å². The van der Waals surface area contributed by atoms with E-state index in [4.69, 9.17) is 5.73 Å². The lowest BCUT2D eigenvalue weighted by Crippen LogP contribution is -2.54. The number of hydrogen-bond donors (Lipinski definition) is 3. The van der Waals surface area contributed by atoms with Crippen LogP contribution in [0.15, 0.2) is 0 Å². The van der Waals surface area contributed by atoms with Gasteiger partial charge in [-0.05, 0) is 32.1 Å². The molecule has 1 fully saturated rings. The highest BCUT2D eigenvalue weighted by molar-refractivity contribution is 4.92. The molecule has 0 bridgehead atoms. The zero-order valence-electron chi connectivity index (χ0n) is 10.1. The molecule has 0 radical (unpaired) electrons. The molecule has 0 aliphatic heterocycles. The number of aliphatic hydroxyl groups is 1. The molecule has 90 valence electrons. The molecule has 1 aliphatic carbocycles. The van der Waals surface area contributed by atoms with Crippen molar-refractivity contribution in [2.75, 3.05) is 13.2 Å². The van der Waals surface area contributed by atoms with E-state index in [0.29, 0.717) is 25.1 Å². The lowest BCUT2D eigenvalue weighted by molar-refractivity contribution is 0.181. The molecule has 3 nitrogen and oxygen atoms in total. The van der Waals surface area contributed by atoms with Crippen molar-refractivity contribution < 1.29 is 5.11 Å². The molecule has 15 heavy (non-hydrogen) atoms. The number of nitrogens with one attached hydrogen (secondary N) is 1. The molecule has 3 unspecified atom stereocenters. The second-order valence-electron chi connectivity index (χ2n) is 5.14. The number of rotatable bonds is 6. The van der Waals surface area contributed by atoms with Gasteiger partial charge in [-0.3, -0.25) is 0 Å². The van der Waals surface area contributed by atoms with Crippen LogP contribution < -0.4 is 11.1 Å². The Hall–Kier alpha value is -0.120. The van der Waals surface area contributed by atoms with Gasteiger partial charge in [0.25, 0.3) is 0 Å². The Labute approximate surface area is 93.4 Å². The van der Waals surface area contributed by atoms with Crippen LogP contribution in [0.1, 0.15) is 46.0 Å². The van der Waals surface area contributed by atoms with Gasteiger partial charge >= 0.3 is 0 Å². The van der Waals surface area contributed by atoms with E-state index in [1.165, 1.54) is 12.8 Å². The largest absolute Gasteiger partial charge is 0.396 e. The predicted octanol–water partition coefficient (Wildman–Crippen LogP) is 1.25. The first-order chi connectivity index (χ1) is 7.15. The molecule has 0 heterocycles. The predicted molar refractivity (Wildman–Crippen MR) is 63.7 cm³/mol. The standard InChI is InChI=1S/C12H26N2O/c1-3-7-12(2,9-13)14-11-6-4-5-10(11)8-15/h10-11,14-15H,3-9,13H2,1-2H3. The summed E-state index contributed by atoms with van der Waals surface area (Å²) in [4.78, 5) is 0. The SMILES string of the molecule is CCCC(C)(CN)NC1CCCC1CO. The average molecular weight is 214 g/mol. The van der Waals surface area contributed by atoms with Gasteiger partial charge in [-0.2, -0.15) is 0 Å². The minimum Gasteiger partial charge on any atom is -0.396 e. The van der Waals surface area contributed by atoms with Gasteiger partial charge in [0.15, 0.2) is 0 Å². The molecular weight excluding hydrogens is 188 g/mol. The zero-order valence-corrected chi connectivity index (χ0v) is 10.1. The third-order valence-corrected chi connectivity index (χ3v) is 3.68. The van der Waals surface area contributed by atoms with Crippen LogP contribution in [0.3, 0.4) is 0 Å². The van der Waals surface area contributed by atoms with Gasteiger partial charge in [0.2, 0.25) is 0 Å². The van der Waals surface area contributed by atoms with Crippen LogP contribution in [0.4, 0.5) is 0 Å². The maximum Gasteiger partial charge on any atom is 0.0474 e. The van der Waals surface area contributed by atoms with Gasteiger partial charge in [0.05, 0.1) is 0 Å². The molecule has 0 spiro atoms. The van der Waals surface area contributed by atoms with Crippen LogP contribution in [0.25, 0.3) is 0 Å². The van der Waals surface area contributed by atoms with E-state index in [2.05, 4.69) is 19.2 Å². The van der Waals surface area contributed by atoms with E-state index < -0.39 is 0 Å². The van der Waals surface area contributed by atoms with Crippen LogP contribution in [0.2, 0.25) is 0 Å². The van der Waals surface area contributed by atoms with Crippen molar-refractivity contribution in [1.29, 1.82) is 0 Å². The summed E-state index contributed by atoms with van der Waals surface area (Å²) in [6.07, 6.45) is 5.83. The van der Waals surface area contributed by atoms with Gasteiger partial charge in [0.1, 0.15) is 0 Å². The molecule has 4 N–H and O–H groups in total. The summed E-state index contributed by atoms with van der Waals surface area (Å²) in [5.74, 6) is 0.438. The smallest absolute Gasteiger partial charge is 0.0474 e. The van der Waals surface area contributed by atoms with Crippen molar-refractivity contribution >= 4 is 0 Å². The van der Waals surface area contributed by atoms with Crippen molar-refractivity contribution in [2.45, 2.75) is 57.5 Å². The Morgan fingerprint density at radius 3 is 2.73 bits per heavy atom. The highest BCUT2D eigenvalue weighted by Gasteiger charge is 2.32. The average Bonchev–Trinajstić information content (AvgIpc) is 2.65. The summed E-state index contributed by atoms with van der Waals surface area (Å²) in [7, 11) is 0. The van der Waals surface area contributed by atoms with E-state index in [1.807, 2.05) is 0 Å². The Bertz CT molecular complexity index is 186. The zero-order chi connectivity index (χ0) is 11.3. The Balaban J connectivity index is 2.50. The summed E-state index contributed by atoms with van der Waals surface area (Å²) >= 11 is 0. The highest BCUT2D eigenvalue weighted by atomic mass is 16.3. The quantitative estimate of drug-likeness (QED) is 0.624. The first-order valence-electron chi connectivity index (χ1n) is 6.24. The molecule has 1 saturated carbocycles. The van der Waals surface area contributed by atoms with Crippen molar-refractivity contribution in [3.8, 4) is 0 Å². The maximum absolute atomic E-state index is 9.26. The van der Waals surface area contributed by atoms with E-state index in [-0.39, 0.29) is 5.54 Å². The molecule has 1 rings (SSSR count). The lowest BCUT2D eigenvalue weighted by atomic mass is 9.93. The number of nitrogens with two attached hydrogens (primary N) is 1. The van der Waals surface area contributed by atoms with Crippen molar-refractivity contribution in [2.24, 2.45) is 11.7 Å². The molecule has 0 aromatic heterocycles. The van der Waals surface area contributed by atoms with Gasteiger partial charge in [-0.25, -0.2) is 0 Å². The van der Waals surface area contributed by atoms with Crippen LogP contribution in [0.5, 0.6) is 0 Å². The fourth-order valence-corrected chi connectivity index (χ4v) is 2.68. The minimum absolute atomic E-state index is 0.0528. The summed E-state index contributed by atoms with van der Waals surface area (Å²) in [5, 5.41) is 12.9. The molecular formula is C12H26N2O. The van der Waals surface area contributed by atoms with Crippen molar-refractivity contribution in [3.63, 3.8) is 0 Å². The number of aliphatic hydroxyl groups excluding tert-OH is 1. The normalized spacial score (nSPS) is 30.4. The van der Waals surface area contributed by atoms with E-state index >= 15 is 0 Å². The Kier molecular flexibility index (Phi) is 5.03. The van der Waals surface area contributed by atoms with Crippen LogP contribution in [0, 0.1) is 5.92 Å². The van der Waals surface area contributed by atoms with Gasteiger partial charge in [-0.1, -0.05) is 19.8 Å². The third kappa shape index (κ3) is 3.44. The Morgan fingerprint density at radius 1 is 1.47 bits per heavy atom. The molecule has 3 heteroatoms. The molecule has 0 amide bonds. The summed E-state index contributed by atoms with van der Waals surface area (Å²) < 4.78 is 0. The third-order valence-electron chi connectivity index (χ3n) is 3.68. The van der Waals surface area contributed by atoms with Crippen molar-refractivity contribution in [3.05, 3.63) is 0 Å². The molecule has 1 aliphatic rings. The summed E-state index contributed by atoms with van der Waals surface area (Å²) in [6, 6.07) is 0.468. The topological polar surface area (TPSA) is 58.3 Å². The fraction of sp³-hybridized carbons (Fsp3) is 1.00. The fourth-order valence-electron chi connectivity index (χ4n) is 2.68. The van der Waals surface area contributed by atoms with Crippen LogP contribution in [-0.4, -0.2) is 29.8 Å². The minimum atomic E-state index is 0.0528. The monoisotopic (exact) mass is 214 g/mol. The second kappa shape index (κ2) is 5.83. The highest BCUT2D eigenvalue weighted by Crippen LogP contribution is 2.27. The summed E-state index contributed by atoms with van der Waals surface area (Å²) in [5.41, 5.74) is 5.89. The van der Waals surface area contributed by atoms with Gasteiger partial charge in [0, 0.05) is 24.7 Å². The van der Waals surface area contributed by atoms with E-state index in [9.17, 15) is 5.11 Å². The molecule has 0 saturated heterocycles. The van der Waals surface area contributed by atoms with Crippen LogP contribution >= 0.6 is 0 Å².